The minimum absolute atomic E-state index is 0.286. The molecule has 0 amide bonds. The molecule has 2 aromatic carbocycles. The first kappa shape index (κ1) is 20.1. The molecular weight excluding hydrogens is 401 g/mol. The summed E-state index contributed by atoms with van der Waals surface area (Å²) in [5, 5.41) is 2.13. The van der Waals surface area contributed by atoms with Crippen molar-refractivity contribution in [2.45, 2.75) is 0 Å². The van der Waals surface area contributed by atoms with Crippen LogP contribution in [0.15, 0.2) is 72.3 Å². The standard InChI is InChI=1S/C23H20FN3O2S/c24-21-8-10-22(11-9-21)26-12-14-27(15-13-26)30(28,29)16-4-3-5-19-17-20-6-1-2-7-23(20)25-18-19/h1-2,4,6-11,16-18H,12-15H2/b16-4+. The Labute approximate surface area is 175 Å². The largest absolute Gasteiger partial charge is 0.369 e. The average Bonchev–Trinajstić information content (AvgIpc) is 2.77. The van der Waals surface area contributed by atoms with E-state index in [1.54, 1.807) is 18.3 Å². The van der Waals surface area contributed by atoms with E-state index in [1.807, 2.05) is 35.2 Å². The number of piperazine rings is 1. The summed E-state index contributed by atoms with van der Waals surface area (Å²) in [6, 6.07) is 15.9. The second kappa shape index (κ2) is 8.66. The molecule has 0 atom stereocenters. The maximum Gasteiger partial charge on any atom is 0.236 e. The van der Waals surface area contributed by atoms with Gasteiger partial charge in [-0.05, 0) is 36.4 Å². The quantitative estimate of drug-likeness (QED) is 0.609. The van der Waals surface area contributed by atoms with Gasteiger partial charge in [-0.3, -0.25) is 4.98 Å². The monoisotopic (exact) mass is 421 g/mol. The number of sulfonamides is 1. The number of fused-ring (bicyclic) bond motifs is 1. The van der Waals surface area contributed by atoms with Crippen molar-refractivity contribution in [3.63, 3.8) is 0 Å². The number of benzene rings is 2. The van der Waals surface area contributed by atoms with E-state index in [2.05, 4.69) is 16.8 Å². The summed E-state index contributed by atoms with van der Waals surface area (Å²) in [6.07, 6.45) is 3.03. The van der Waals surface area contributed by atoms with Crippen LogP contribution in [0.3, 0.4) is 0 Å². The lowest BCUT2D eigenvalue weighted by Gasteiger charge is -2.34. The van der Waals surface area contributed by atoms with Crippen molar-refractivity contribution in [2.24, 2.45) is 0 Å². The molecule has 2 heterocycles. The first-order valence-corrected chi connectivity index (χ1v) is 11.1. The first-order valence-electron chi connectivity index (χ1n) is 9.55. The van der Waals surface area contributed by atoms with Gasteiger partial charge >= 0.3 is 0 Å². The van der Waals surface area contributed by atoms with Gasteiger partial charge in [0.15, 0.2) is 0 Å². The first-order chi connectivity index (χ1) is 14.5. The SMILES string of the molecule is O=S(=O)(/C=C/C#Cc1cnc2ccccc2c1)N1CCN(c2ccc(F)cc2)CC1. The predicted octanol–water partition coefficient (Wildman–Crippen LogP) is 3.39. The zero-order valence-electron chi connectivity index (χ0n) is 16.2. The van der Waals surface area contributed by atoms with Gasteiger partial charge in [0.2, 0.25) is 10.0 Å². The van der Waals surface area contributed by atoms with Crippen molar-refractivity contribution in [3.8, 4) is 11.8 Å². The maximum absolute atomic E-state index is 13.1. The Bertz CT molecular complexity index is 1240. The van der Waals surface area contributed by atoms with Gasteiger partial charge in [0.25, 0.3) is 0 Å². The molecule has 0 unspecified atom stereocenters. The number of pyridine rings is 1. The van der Waals surface area contributed by atoms with E-state index < -0.39 is 10.0 Å². The van der Waals surface area contributed by atoms with Crippen molar-refractivity contribution < 1.29 is 12.8 Å². The number of rotatable bonds is 3. The van der Waals surface area contributed by atoms with Crippen LogP contribution in [0.1, 0.15) is 5.56 Å². The molecule has 7 heteroatoms. The fourth-order valence-electron chi connectivity index (χ4n) is 3.32. The molecule has 3 aromatic rings. The van der Waals surface area contributed by atoms with Gasteiger partial charge in [0.1, 0.15) is 5.82 Å². The molecule has 1 aromatic heterocycles. The van der Waals surface area contributed by atoms with Crippen LogP contribution in [-0.2, 0) is 10.0 Å². The molecule has 4 rings (SSSR count). The summed E-state index contributed by atoms with van der Waals surface area (Å²) in [5.74, 6) is 5.42. The van der Waals surface area contributed by atoms with Crippen molar-refractivity contribution in [1.29, 1.82) is 0 Å². The number of hydrogen-bond donors (Lipinski definition) is 0. The lowest BCUT2D eigenvalue weighted by molar-refractivity contribution is 0.390. The van der Waals surface area contributed by atoms with E-state index in [1.165, 1.54) is 22.5 Å². The number of halogens is 1. The van der Waals surface area contributed by atoms with Crippen molar-refractivity contribution in [3.05, 3.63) is 83.7 Å². The molecule has 0 spiro atoms. The van der Waals surface area contributed by atoms with Crippen molar-refractivity contribution >= 4 is 26.6 Å². The molecule has 0 bridgehead atoms. The lowest BCUT2D eigenvalue weighted by Crippen LogP contribution is -2.48. The summed E-state index contributed by atoms with van der Waals surface area (Å²) >= 11 is 0. The summed E-state index contributed by atoms with van der Waals surface area (Å²) in [4.78, 5) is 6.38. The highest BCUT2D eigenvalue weighted by Crippen LogP contribution is 2.18. The van der Waals surface area contributed by atoms with Crippen molar-refractivity contribution in [1.82, 2.24) is 9.29 Å². The Kier molecular flexibility index (Phi) is 5.79. The second-order valence-corrected chi connectivity index (χ2v) is 8.71. The smallest absolute Gasteiger partial charge is 0.236 e. The summed E-state index contributed by atoms with van der Waals surface area (Å²) in [5.41, 5.74) is 2.50. The number of allylic oxidation sites excluding steroid dienone is 1. The highest BCUT2D eigenvalue weighted by atomic mass is 32.2. The van der Waals surface area contributed by atoms with E-state index >= 15 is 0 Å². The zero-order valence-corrected chi connectivity index (χ0v) is 17.0. The van der Waals surface area contributed by atoms with Crippen LogP contribution in [0.5, 0.6) is 0 Å². The summed E-state index contributed by atoms with van der Waals surface area (Å²) in [6.45, 7) is 1.83. The Morgan fingerprint density at radius 1 is 1.00 bits per heavy atom. The van der Waals surface area contributed by atoms with E-state index in [0.29, 0.717) is 26.2 Å². The van der Waals surface area contributed by atoms with Gasteiger partial charge in [0.05, 0.1) is 10.9 Å². The van der Waals surface area contributed by atoms with Crippen LogP contribution >= 0.6 is 0 Å². The van der Waals surface area contributed by atoms with Crippen LogP contribution in [0.4, 0.5) is 10.1 Å². The highest BCUT2D eigenvalue weighted by Gasteiger charge is 2.25. The van der Waals surface area contributed by atoms with E-state index in [4.69, 9.17) is 0 Å². The van der Waals surface area contributed by atoms with Gasteiger partial charge < -0.3 is 4.90 Å². The van der Waals surface area contributed by atoms with E-state index in [-0.39, 0.29) is 5.82 Å². The van der Waals surface area contributed by atoms with Crippen LogP contribution in [-0.4, -0.2) is 43.9 Å². The molecule has 1 fully saturated rings. The fourth-order valence-corrected chi connectivity index (χ4v) is 4.41. The summed E-state index contributed by atoms with van der Waals surface area (Å²) in [7, 11) is -3.54. The Balaban J connectivity index is 1.38. The normalized spacial score (nSPS) is 15.3. The molecular formula is C23H20FN3O2S. The molecule has 1 aliphatic heterocycles. The third-order valence-corrected chi connectivity index (χ3v) is 6.49. The minimum atomic E-state index is -3.54. The van der Waals surface area contributed by atoms with Crippen LogP contribution < -0.4 is 4.90 Å². The number of nitrogens with zero attached hydrogens (tertiary/aromatic N) is 3. The third-order valence-electron chi connectivity index (χ3n) is 4.92. The lowest BCUT2D eigenvalue weighted by atomic mass is 10.2. The van der Waals surface area contributed by atoms with E-state index in [9.17, 15) is 12.8 Å². The third kappa shape index (κ3) is 4.67. The predicted molar refractivity (Wildman–Crippen MR) is 117 cm³/mol. The molecule has 0 N–H and O–H groups in total. The van der Waals surface area contributed by atoms with Gasteiger partial charge in [0, 0.05) is 55.1 Å². The summed E-state index contributed by atoms with van der Waals surface area (Å²) < 4.78 is 39.6. The Hall–Kier alpha value is -3.21. The molecule has 1 aliphatic rings. The van der Waals surface area contributed by atoms with Crippen LogP contribution in [0, 0.1) is 17.7 Å². The highest BCUT2D eigenvalue weighted by molar-refractivity contribution is 7.92. The Morgan fingerprint density at radius 3 is 2.50 bits per heavy atom. The zero-order chi connectivity index (χ0) is 21.0. The molecule has 1 saturated heterocycles. The molecule has 0 aliphatic carbocycles. The van der Waals surface area contributed by atoms with Crippen LogP contribution in [0.25, 0.3) is 10.9 Å². The molecule has 5 nitrogen and oxygen atoms in total. The maximum atomic E-state index is 13.1. The minimum Gasteiger partial charge on any atom is -0.369 e. The van der Waals surface area contributed by atoms with Crippen LogP contribution in [0.2, 0.25) is 0 Å². The number of hydrogen-bond acceptors (Lipinski definition) is 4. The number of anilines is 1. The fraction of sp³-hybridized carbons (Fsp3) is 0.174. The van der Waals surface area contributed by atoms with Gasteiger partial charge in [-0.25, -0.2) is 12.8 Å². The van der Waals surface area contributed by atoms with Gasteiger partial charge in [-0.2, -0.15) is 4.31 Å². The van der Waals surface area contributed by atoms with Gasteiger partial charge in [-0.15, -0.1) is 0 Å². The van der Waals surface area contributed by atoms with E-state index in [0.717, 1.165) is 27.6 Å². The average molecular weight is 421 g/mol. The molecule has 0 radical (unpaired) electrons. The molecule has 152 valence electrons. The molecule has 0 saturated carbocycles. The topological polar surface area (TPSA) is 53.5 Å². The Morgan fingerprint density at radius 2 is 1.73 bits per heavy atom. The van der Waals surface area contributed by atoms with Gasteiger partial charge in [-0.1, -0.05) is 30.0 Å². The molecule has 30 heavy (non-hydrogen) atoms. The number of aromatic nitrogens is 1. The number of para-hydroxylation sites is 1. The van der Waals surface area contributed by atoms with Crippen molar-refractivity contribution in [2.75, 3.05) is 31.1 Å². The second-order valence-electron chi connectivity index (χ2n) is 6.90.